The smallest absolute Gasteiger partial charge is 0.246 e. The van der Waals surface area contributed by atoms with Gasteiger partial charge in [0.2, 0.25) is 16.5 Å². The van der Waals surface area contributed by atoms with Crippen molar-refractivity contribution in [1.29, 1.82) is 0 Å². The molecule has 0 aliphatic rings. The van der Waals surface area contributed by atoms with Crippen molar-refractivity contribution in [2.75, 3.05) is 5.32 Å². The molecule has 0 aliphatic carbocycles. The van der Waals surface area contributed by atoms with E-state index in [-0.39, 0.29) is 23.0 Å². The van der Waals surface area contributed by atoms with Gasteiger partial charge in [0.05, 0.1) is 0 Å². The number of halogens is 2. The molecule has 1 aromatic carbocycles. The van der Waals surface area contributed by atoms with Gasteiger partial charge in [-0.25, -0.2) is 4.68 Å². The number of rotatable bonds is 3. The van der Waals surface area contributed by atoms with Crippen molar-refractivity contribution in [1.82, 2.24) is 14.8 Å². The maximum Gasteiger partial charge on any atom is 0.246 e. The molecule has 2 rings (SSSR count). The molecular formula is C13H14Cl2N4O. The number of anilines is 1. The fourth-order valence-electron chi connectivity index (χ4n) is 2.09. The summed E-state index contributed by atoms with van der Waals surface area (Å²) < 4.78 is 1.25. The predicted molar refractivity (Wildman–Crippen MR) is 79.3 cm³/mol. The van der Waals surface area contributed by atoms with Crippen LogP contribution in [0.5, 0.6) is 0 Å². The third-order valence-electron chi connectivity index (χ3n) is 2.84. The second-order valence-corrected chi connectivity index (χ2v) is 5.31. The fraction of sp³-hybridized carbons (Fsp3) is 0.308. The van der Waals surface area contributed by atoms with Crippen LogP contribution in [0.2, 0.25) is 10.6 Å². The largest absolute Gasteiger partial charge is 0.324 e. The zero-order chi connectivity index (χ0) is 14.9. The molecule has 0 aliphatic heterocycles. The lowest BCUT2D eigenvalue weighted by molar-refractivity contribution is -0.116. The summed E-state index contributed by atoms with van der Waals surface area (Å²) in [5.41, 5.74) is 3.99. The van der Waals surface area contributed by atoms with E-state index in [0.717, 1.165) is 22.4 Å². The van der Waals surface area contributed by atoms with Crippen LogP contribution in [0.4, 0.5) is 5.69 Å². The van der Waals surface area contributed by atoms with Crippen molar-refractivity contribution >= 4 is 34.8 Å². The van der Waals surface area contributed by atoms with E-state index in [1.54, 1.807) is 0 Å². The van der Waals surface area contributed by atoms with Gasteiger partial charge in [-0.3, -0.25) is 4.79 Å². The Morgan fingerprint density at radius 2 is 1.85 bits per heavy atom. The summed E-state index contributed by atoms with van der Waals surface area (Å²) in [5, 5.41) is 6.80. The standard InChI is InChI=1S/C13H14Cl2N4O/c1-7-4-8(2)11(9(3)5-7)16-10(20)6-19-13(15)17-12(14)18-19/h4-5H,6H2,1-3H3,(H,16,20). The van der Waals surface area contributed by atoms with Gasteiger partial charge in [-0.15, -0.1) is 5.10 Å². The van der Waals surface area contributed by atoms with E-state index >= 15 is 0 Å². The Kier molecular flexibility index (Phi) is 4.30. The van der Waals surface area contributed by atoms with Gasteiger partial charge in [-0.05, 0) is 55.1 Å². The lowest BCUT2D eigenvalue weighted by atomic mass is 10.1. The fourth-order valence-corrected chi connectivity index (χ4v) is 2.48. The number of aryl methyl sites for hydroxylation is 3. The average Bonchev–Trinajstić information content (AvgIpc) is 2.62. The first-order valence-electron chi connectivity index (χ1n) is 6.00. The van der Waals surface area contributed by atoms with Crippen LogP contribution in [0.15, 0.2) is 12.1 Å². The van der Waals surface area contributed by atoms with Crippen LogP contribution in [-0.4, -0.2) is 20.7 Å². The van der Waals surface area contributed by atoms with E-state index in [2.05, 4.69) is 15.4 Å². The summed E-state index contributed by atoms with van der Waals surface area (Å²) in [7, 11) is 0. The number of nitrogens with one attached hydrogen (secondary N) is 1. The normalized spacial score (nSPS) is 10.7. The summed E-state index contributed by atoms with van der Waals surface area (Å²) in [6.45, 7) is 5.89. The highest BCUT2D eigenvalue weighted by atomic mass is 35.5. The Hall–Kier alpha value is -1.59. The molecule has 1 aromatic heterocycles. The summed E-state index contributed by atoms with van der Waals surface area (Å²) in [6, 6.07) is 4.03. The minimum absolute atomic E-state index is 0.0190. The van der Waals surface area contributed by atoms with Crippen molar-refractivity contribution < 1.29 is 4.79 Å². The van der Waals surface area contributed by atoms with Gasteiger partial charge in [0, 0.05) is 5.69 Å². The molecule has 1 heterocycles. The molecule has 0 unspecified atom stereocenters. The molecule has 0 fully saturated rings. The molecule has 7 heteroatoms. The van der Waals surface area contributed by atoms with Gasteiger partial charge in [0.25, 0.3) is 0 Å². The molecule has 106 valence electrons. The molecular weight excluding hydrogens is 299 g/mol. The van der Waals surface area contributed by atoms with Crippen LogP contribution in [0, 0.1) is 20.8 Å². The van der Waals surface area contributed by atoms with Gasteiger partial charge in [-0.1, -0.05) is 17.7 Å². The van der Waals surface area contributed by atoms with Crippen LogP contribution in [0.25, 0.3) is 0 Å². The Labute approximate surface area is 126 Å². The van der Waals surface area contributed by atoms with E-state index in [0.29, 0.717) is 0 Å². The van der Waals surface area contributed by atoms with Crippen molar-refractivity contribution in [2.24, 2.45) is 0 Å². The summed E-state index contributed by atoms with van der Waals surface area (Å²) in [5.74, 6) is -0.233. The van der Waals surface area contributed by atoms with Crippen LogP contribution in [0.1, 0.15) is 16.7 Å². The minimum Gasteiger partial charge on any atom is -0.324 e. The minimum atomic E-state index is -0.233. The quantitative estimate of drug-likeness (QED) is 0.947. The van der Waals surface area contributed by atoms with E-state index in [4.69, 9.17) is 23.2 Å². The first-order valence-corrected chi connectivity index (χ1v) is 6.76. The zero-order valence-electron chi connectivity index (χ0n) is 11.4. The molecule has 5 nitrogen and oxygen atoms in total. The van der Waals surface area contributed by atoms with Gasteiger partial charge in [0.1, 0.15) is 6.54 Å². The molecule has 0 saturated heterocycles. The number of amides is 1. The highest BCUT2D eigenvalue weighted by molar-refractivity contribution is 6.31. The topological polar surface area (TPSA) is 59.8 Å². The molecule has 0 saturated carbocycles. The Bertz CT molecular complexity index is 643. The summed E-state index contributed by atoms with van der Waals surface area (Å²) >= 11 is 11.4. The van der Waals surface area contributed by atoms with Crippen LogP contribution in [0.3, 0.4) is 0 Å². The molecule has 0 radical (unpaired) electrons. The van der Waals surface area contributed by atoms with Crippen molar-refractivity contribution in [2.45, 2.75) is 27.3 Å². The summed E-state index contributed by atoms with van der Waals surface area (Å²) in [4.78, 5) is 15.8. The number of aromatic nitrogens is 3. The second kappa shape index (κ2) is 5.81. The SMILES string of the molecule is Cc1cc(C)c(NC(=O)Cn2nc(Cl)nc2Cl)c(C)c1. The monoisotopic (exact) mass is 312 g/mol. The number of carbonyl (C=O) groups is 1. The van der Waals surface area contributed by atoms with Gasteiger partial charge in [0.15, 0.2) is 0 Å². The van der Waals surface area contributed by atoms with Crippen LogP contribution in [-0.2, 0) is 11.3 Å². The first-order chi connectivity index (χ1) is 9.36. The molecule has 2 aromatic rings. The van der Waals surface area contributed by atoms with Crippen molar-refractivity contribution in [3.8, 4) is 0 Å². The van der Waals surface area contributed by atoms with Gasteiger partial charge in [-0.2, -0.15) is 4.98 Å². The van der Waals surface area contributed by atoms with Gasteiger partial charge < -0.3 is 5.32 Å². The second-order valence-electron chi connectivity index (χ2n) is 4.63. The van der Waals surface area contributed by atoms with E-state index in [1.165, 1.54) is 4.68 Å². The van der Waals surface area contributed by atoms with E-state index < -0.39 is 0 Å². The number of hydrogen-bond acceptors (Lipinski definition) is 3. The van der Waals surface area contributed by atoms with Gasteiger partial charge >= 0.3 is 0 Å². The lowest BCUT2D eigenvalue weighted by Crippen LogP contribution is -2.20. The predicted octanol–water partition coefficient (Wildman–Crippen LogP) is 3.15. The molecule has 1 N–H and O–H groups in total. The maximum absolute atomic E-state index is 12.0. The van der Waals surface area contributed by atoms with Crippen LogP contribution >= 0.6 is 23.2 Å². The summed E-state index contributed by atoms with van der Waals surface area (Å²) in [6.07, 6.45) is 0. The number of carbonyl (C=O) groups excluding carboxylic acids is 1. The number of nitrogens with zero attached hydrogens (tertiary/aromatic N) is 3. The molecule has 1 amide bonds. The maximum atomic E-state index is 12.0. The molecule has 20 heavy (non-hydrogen) atoms. The van der Waals surface area contributed by atoms with E-state index in [9.17, 15) is 4.79 Å². The third kappa shape index (κ3) is 3.29. The molecule has 0 spiro atoms. The van der Waals surface area contributed by atoms with Crippen molar-refractivity contribution in [3.63, 3.8) is 0 Å². The average molecular weight is 313 g/mol. The first kappa shape index (κ1) is 14.8. The number of hydrogen-bond donors (Lipinski definition) is 1. The molecule has 0 atom stereocenters. The third-order valence-corrected chi connectivity index (χ3v) is 3.28. The number of benzene rings is 1. The van der Waals surface area contributed by atoms with Crippen LogP contribution < -0.4 is 5.32 Å². The molecule has 0 bridgehead atoms. The zero-order valence-corrected chi connectivity index (χ0v) is 12.9. The van der Waals surface area contributed by atoms with Crippen molar-refractivity contribution in [3.05, 3.63) is 39.4 Å². The van der Waals surface area contributed by atoms with E-state index in [1.807, 2.05) is 32.9 Å². The Morgan fingerprint density at radius 1 is 1.25 bits per heavy atom. The highest BCUT2D eigenvalue weighted by Crippen LogP contribution is 2.22. The highest BCUT2D eigenvalue weighted by Gasteiger charge is 2.12. The lowest BCUT2D eigenvalue weighted by Gasteiger charge is -2.12. The Balaban J connectivity index is 2.15. The Morgan fingerprint density at radius 3 is 2.35 bits per heavy atom.